The minimum Gasteiger partial charge on any atom is -0.464 e. The van der Waals surface area contributed by atoms with Crippen LogP contribution in [0.1, 0.15) is 95.1 Å². The molecule has 4 atom stereocenters. The van der Waals surface area contributed by atoms with Gasteiger partial charge < -0.3 is 14.7 Å². The largest absolute Gasteiger partial charge is 0.464 e. The highest BCUT2D eigenvalue weighted by molar-refractivity contribution is 7.09. The zero-order chi connectivity index (χ0) is 24.4. The average Bonchev–Trinajstić information content (AvgIpc) is 3.26. The smallest absolute Gasteiger partial charge is 0.357 e. The molecule has 7 nitrogen and oxygen atoms in total. The van der Waals surface area contributed by atoms with Crippen LogP contribution in [0, 0.1) is 17.8 Å². The fourth-order valence-electron chi connectivity index (χ4n) is 3.93. The van der Waals surface area contributed by atoms with E-state index in [1.165, 1.54) is 23.3 Å². The fraction of sp³-hybridized carbons (Fsp3) is 0.750. The SMILES string of the molecule is CCCC(=O)C[C@H](C(=O)N(CO)[C@H](C[C@@H](C)c1nc(C(=O)OC)cs1)C(C)C)[C@@H](C)CC. The highest BCUT2D eigenvalue weighted by Gasteiger charge is 2.35. The summed E-state index contributed by atoms with van der Waals surface area (Å²) < 4.78 is 4.74. The van der Waals surface area contributed by atoms with Crippen molar-refractivity contribution in [3.05, 3.63) is 16.1 Å². The van der Waals surface area contributed by atoms with E-state index in [0.717, 1.165) is 17.8 Å². The van der Waals surface area contributed by atoms with Crippen LogP contribution >= 0.6 is 11.3 Å². The topological polar surface area (TPSA) is 96.8 Å². The summed E-state index contributed by atoms with van der Waals surface area (Å²) in [5.74, 6) is -0.852. The van der Waals surface area contributed by atoms with E-state index in [1.54, 1.807) is 5.38 Å². The number of thiazole rings is 1. The van der Waals surface area contributed by atoms with Gasteiger partial charge in [0.2, 0.25) is 5.91 Å². The number of ketones is 1. The summed E-state index contributed by atoms with van der Waals surface area (Å²) >= 11 is 1.39. The first kappa shape index (κ1) is 28.2. The lowest BCUT2D eigenvalue weighted by atomic mass is 9.84. The third kappa shape index (κ3) is 7.66. The molecule has 0 aliphatic heterocycles. The van der Waals surface area contributed by atoms with E-state index in [0.29, 0.717) is 12.8 Å². The van der Waals surface area contributed by atoms with Crippen LogP contribution in [-0.2, 0) is 14.3 Å². The number of carbonyl (C=O) groups is 3. The van der Waals surface area contributed by atoms with Crippen molar-refractivity contribution in [2.45, 2.75) is 85.6 Å². The number of aliphatic hydroxyl groups is 1. The molecule has 1 aromatic heterocycles. The molecule has 0 fully saturated rings. The number of aromatic nitrogens is 1. The van der Waals surface area contributed by atoms with Crippen molar-refractivity contribution in [1.82, 2.24) is 9.88 Å². The summed E-state index contributed by atoms with van der Waals surface area (Å²) in [7, 11) is 1.32. The first-order valence-corrected chi connectivity index (χ1v) is 12.5. The maximum absolute atomic E-state index is 13.6. The number of Topliss-reactive ketones (excluding diaryl/α,β-unsaturated/α-hetero) is 1. The Labute approximate surface area is 196 Å². The highest BCUT2D eigenvalue weighted by atomic mass is 32.1. The molecule has 32 heavy (non-hydrogen) atoms. The van der Waals surface area contributed by atoms with E-state index in [9.17, 15) is 19.5 Å². The molecule has 8 heteroatoms. The van der Waals surface area contributed by atoms with Gasteiger partial charge >= 0.3 is 5.97 Å². The zero-order valence-electron chi connectivity index (χ0n) is 20.6. The molecular weight excluding hydrogens is 428 g/mol. The molecule has 0 bridgehead atoms. The van der Waals surface area contributed by atoms with Crippen molar-refractivity contribution in [3.8, 4) is 0 Å². The van der Waals surface area contributed by atoms with Crippen LogP contribution in [0.3, 0.4) is 0 Å². The summed E-state index contributed by atoms with van der Waals surface area (Å²) in [6.07, 6.45) is 2.82. The molecule has 1 heterocycles. The first-order valence-electron chi connectivity index (χ1n) is 11.6. The van der Waals surface area contributed by atoms with Gasteiger partial charge in [0, 0.05) is 36.1 Å². The molecule has 1 N–H and O–H groups in total. The van der Waals surface area contributed by atoms with Crippen LogP contribution in [0.2, 0.25) is 0 Å². The summed E-state index contributed by atoms with van der Waals surface area (Å²) in [6, 6.07) is -0.221. The van der Waals surface area contributed by atoms with E-state index in [2.05, 4.69) is 4.98 Å². The van der Waals surface area contributed by atoms with E-state index >= 15 is 0 Å². The van der Waals surface area contributed by atoms with Crippen LogP contribution in [0.5, 0.6) is 0 Å². The number of hydrogen-bond acceptors (Lipinski definition) is 7. The van der Waals surface area contributed by atoms with Crippen molar-refractivity contribution in [2.24, 2.45) is 17.8 Å². The van der Waals surface area contributed by atoms with E-state index in [-0.39, 0.29) is 47.6 Å². The summed E-state index contributed by atoms with van der Waals surface area (Å²) in [5, 5.41) is 12.7. The molecule has 0 radical (unpaired) electrons. The lowest BCUT2D eigenvalue weighted by Gasteiger charge is -2.37. The number of rotatable bonds is 14. The van der Waals surface area contributed by atoms with Crippen molar-refractivity contribution in [3.63, 3.8) is 0 Å². The Kier molecular flexibility index (Phi) is 12.1. The molecule has 0 aliphatic carbocycles. The standard InChI is InChI=1S/C24H40N2O5S/c1-8-10-18(28)12-19(16(5)9-2)23(29)26(14-27)21(15(3)4)11-17(6)22-25-20(13-32-22)24(30)31-7/h13,15-17,19,21,27H,8-12,14H2,1-7H3/t16-,17+,19-,21+/m0/s1. The van der Waals surface area contributed by atoms with Crippen molar-refractivity contribution >= 4 is 29.0 Å². The lowest BCUT2D eigenvalue weighted by Crippen LogP contribution is -2.48. The van der Waals surface area contributed by atoms with Crippen LogP contribution in [0.25, 0.3) is 0 Å². The Balaban J connectivity index is 3.10. The second-order valence-corrected chi connectivity index (χ2v) is 9.83. The molecule has 182 valence electrons. The van der Waals surface area contributed by atoms with Gasteiger partial charge in [-0.1, -0.05) is 48.0 Å². The van der Waals surface area contributed by atoms with E-state index in [1.807, 2.05) is 41.5 Å². The third-order valence-electron chi connectivity index (χ3n) is 6.16. The predicted octanol–water partition coefficient (Wildman–Crippen LogP) is 4.65. The van der Waals surface area contributed by atoms with Gasteiger partial charge in [0.1, 0.15) is 12.5 Å². The number of esters is 1. The molecule has 1 amide bonds. The van der Waals surface area contributed by atoms with Gasteiger partial charge in [-0.25, -0.2) is 9.78 Å². The van der Waals surface area contributed by atoms with Crippen LogP contribution in [-0.4, -0.2) is 52.5 Å². The van der Waals surface area contributed by atoms with E-state index in [4.69, 9.17) is 4.74 Å². The number of nitrogens with zero attached hydrogens (tertiary/aromatic N) is 2. The van der Waals surface area contributed by atoms with Gasteiger partial charge in [-0.3, -0.25) is 9.59 Å². The average molecular weight is 469 g/mol. The maximum Gasteiger partial charge on any atom is 0.357 e. The first-order chi connectivity index (χ1) is 15.1. The Hall–Kier alpha value is -1.80. The number of ether oxygens (including phenoxy) is 1. The zero-order valence-corrected chi connectivity index (χ0v) is 21.4. The van der Waals surface area contributed by atoms with Gasteiger partial charge in [0.15, 0.2) is 5.69 Å². The number of hydrogen-bond donors (Lipinski definition) is 1. The van der Waals surface area contributed by atoms with Crippen molar-refractivity contribution < 1.29 is 24.2 Å². The van der Waals surface area contributed by atoms with Crippen molar-refractivity contribution in [1.29, 1.82) is 0 Å². The Morgan fingerprint density at radius 2 is 1.84 bits per heavy atom. The molecule has 0 aliphatic rings. The number of amides is 1. The minimum atomic E-state index is -0.472. The van der Waals surface area contributed by atoms with Gasteiger partial charge in [-0.15, -0.1) is 11.3 Å². The summed E-state index contributed by atoms with van der Waals surface area (Å²) in [4.78, 5) is 43.6. The molecule has 0 saturated carbocycles. The normalized spacial score (nSPS) is 15.2. The van der Waals surface area contributed by atoms with Crippen LogP contribution < -0.4 is 0 Å². The second-order valence-electron chi connectivity index (χ2n) is 8.94. The molecule has 1 rings (SSSR count). The van der Waals surface area contributed by atoms with Gasteiger partial charge in [0.25, 0.3) is 0 Å². The van der Waals surface area contributed by atoms with Gasteiger partial charge in [-0.2, -0.15) is 0 Å². The summed E-state index contributed by atoms with van der Waals surface area (Å²) in [5.41, 5.74) is 0.279. The maximum atomic E-state index is 13.6. The number of aliphatic hydroxyl groups excluding tert-OH is 1. The molecule has 0 unspecified atom stereocenters. The number of carbonyl (C=O) groups excluding carboxylic acids is 3. The third-order valence-corrected chi connectivity index (χ3v) is 7.24. The molecule has 1 aromatic rings. The fourth-order valence-corrected chi connectivity index (χ4v) is 4.79. The summed E-state index contributed by atoms with van der Waals surface area (Å²) in [6.45, 7) is 11.6. The molecule has 0 saturated heterocycles. The van der Waals surface area contributed by atoms with Gasteiger partial charge in [0.05, 0.1) is 12.1 Å². The Morgan fingerprint density at radius 3 is 2.34 bits per heavy atom. The van der Waals surface area contributed by atoms with Crippen LogP contribution in [0.15, 0.2) is 5.38 Å². The highest BCUT2D eigenvalue weighted by Crippen LogP contribution is 2.31. The lowest BCUT2D eigenvalue weighted by molar-refractivity contribution is -0.147. The van der Waals surface area contributed by atoms with Crippen LogP contribution in [0.4, 0.5) is 0 Å². The quantitative estimate of drug-likeness (QED) is 0.315. The molecule has 0 spiro atoms. The van der Waals surface area contributed by atoms with Crippen molar-refractivity contribution in [2.75, 3.05) is 13.8 Å². The number of methoxy groups -OCH3 is 1. The van der Waals surface area contributed by atoms with Gasteiger partial charge in [-0.05, 0) is 24.7 Å². The molecular formula is C24H40N2O5S. The van der Waals surface area contributed by atoms with E-state index < -0.39 is 18.6 Å². The second kappa shape index (κ2) is 13.7. The minimum absolute atomic E-state index is 0.0172. The monoisotopic (exact) mass is 468 g/mol. The molecule has 0 aromatic carbocycles. The Morgan fingerprint density at radius 1 is 1.19 bits per heavy atom. The predicted molar refractivity (Wildman–Crippen MR) is 127 cm³/mol. The Bertz CT molecular complexity index is 749.